The Bertz CT molecular complexity index is 213. The standard InChI is InChI=1S/C9H15N3O/c1-2-3-11-4-6-12(7-5-11)8-9(10)13/h1H,3-8H2,(H2,10,13). The summed E-state index contributed by atoms with van der Waals surface area (Å²) in [6.07, 6.45) is 5.20. The summed E-state index contributed by atoms with van der Waals surface area (Å²) in [6.45, 7) is 4.68. The molecule has 1 amide bonds. The van der Waals surface area contributed by atoms with Crippen LogP contribution in [0.2, 0.25) is 0 Å². The molecule has 1 fully saturated rings. The lowest BCUT2D eigenvalue weighted by Gasteiger charge is -2.32. The normalized spacial score (nSPS) is 19.6. The second-order valence-corrected chi connectivity index (χ2v) is 3.22. The van der Waals surface area contributed by atoms with Crippen LogP contribution in [0.1, 0.15) is 0 Å². The van der Waals surface area contributed by atoms with Crippen molar-refractivity contribution in [2.24, 2.45) is 5.73 Å². The van der Waals surface area contributed by atoms with E-state index >= 15 is 0 Å². The van der Waals surface area contributed by atoms with Gasteiger partial charge in [-0.1, -0.05) is 5.92 Å². The van der Waals surface area contributed by atoms with Crippen LogP contribution in [0, 0.1) is 12.3 Å². The first-order valence-electron chi connectivity index (χ1n) is 4.39. The number of amides is 1. The molecule has 0 radical (unpaired) electrons. The van der Waals surface area contributed by atoms with E-state index in [1.165, 1.54) is 0 Å². The molecule has 1 aliphatic heterocycles. The summed E-state index contributed by atoms with van der Waals surface area (Å²) in [5, 5.41) is 0. The van der Waals surface area contributed by atoms with Crippen molar-refractivity contribution in [3.8, 4) is 12.3 Å². The molecule has 4 heteroatoms. The third kappa shape index (κ3) is 3.45. The average Bonchev–Trinajstić information content (AvgIpc) is 2.08. The number of nitrogens with zero attached hydrogens (tertiary/aromatic N) is 2. The van der Waals surface area contributed by atoms with Crippen molar-refractivity contribution in [1.29, 1.82) is 0 Å². The Morgan fingerprint density at radius 1 is 1.31 bits per heavy atom. The van der Waals surface area contributed by atoms with Crippen molar-refractivity contribution < 1.29 is 4.79 Å². The lowest BCUT2D eigenvalue weighted by molar-refractivity contribution is -0.119. The zero-order valence-electron chi connectivity index (χ0n) is 7.70. The molecule has 1 saturated heterocycles. The minimum absolute atomic E-state index is 0.259. The van der Waals surface area contributed by atoms with Crippen molar-refractivity contribution in [3.63, 3.8) is 0 Å². The van der Waals surface area contributed by atoms with E-state index in [0.29, 0.717) is 13.1 Å². The molecule has 1 rings (SSSR count). The number of hydrogen-bond donors (Lipinski definition) is 1. The maximum absolute atomic E-state index is 10.6. The van der Waals surface area contributed by atoms with E-state index in [-0.39, 0.29) is 5.91 Å². The van der Waals surface area contributed by atoms with Gasteiger partial charge in [0.1, 0.15) is 0 Å². The molecule has 4 nitrogen and oxygen atoms in total. The Hall–Kier alpha value is -1.05. The third-order valence-electron chi connectivity index (χ3n) is 2.16. The number of terminal acetylenes is 1. The van der Waals surface area contributed by atoms with Crippen LogP contribution in [0.4, 0.5) is 0 Å². The van der Waals surface area contributed by atoms with Gasteiger partial charge < -0.3 is 5.73 Å². The fourth-order valence-electron chi connectivity index (χ4n) is 1.46. The second kappa shape index (κ2) is 4.85. The van der Waals surface area contributed by atoms with Crippen molar-refractivity contribution in [1.82, 2.24) is 9.80 Å². The molecule has 0 saturated carbocycles. The van der Waals surface area contributed by atoms with Crippen LogP contribution in [-0.4, -0.2) is 55.0 Å². The summed E-state index contributed by atoms with van der Waals surface area (Å²) in [6, 6.07) is 0. The largest absolute Gasteiger partial charge is 0.369 e. The van der Waals surface area contributed by atoms with E-state index in [9.17, 15) is 4.79 Å². The van der Waals surface area contributed by atoms with E-state index in [1.807, 2.05) is 0 Å². The maximum atomic E-state index is 10.6. The summed E-state index contributed by atoms with van der Waals surface area (Å²) in [7, 11) is 0. The fourth-order valence-corrected chi connectivity index (χ4v) is 1.46. The smallest absolute Gasteiger partial charge is 0.231 e. The molecule has 2 N–H and O–H groups in total. The van der Waals surface area contributed by atoms with Gasteiger partial charge in [-0.3, -0.25) is 14.6 Å². The number of carbonyl (C=O) groups excluding carboxylic acids is 1. The number of piperazine rings is 1. The number of nitrogens with two attached hydrogens (primary N) is 1. The topological polar surface area (TPSA) is 49.6 Å². The van der Waals surface area contributed by atoms with E-state index in [4.69, 9.17) is 12.2 Å². The highest BCUT2D eigenvalue weighted by atomic mass is 16.1. The van der Waals surface area contributed by atoms with Gasteiger partial charge in [0, 0.05) is 26.2 Å². The number of hydrogen-bond acceptors (Lipinski definition) is 3. The maximum Gasteiger partial charge on any atom is 0.231 e. The monoisotopic (exact) mass is 181 g/mol. The molecule has 0 aromatic rings. The zero-order valence-corrected chi connectivity index (χ0v) is 7.70. The molecule has 0 bridgehead atoms. The summed E-state index contributed by atoms with van der Waals surface area (Å²) >= 11 is 0. The first kappa shape index (κ1) is 10.0. The third-order valence-corrected chi connectivity index (χ3v) is 2.16. The quantitative estimate of drug-likeness (QED) is 0.552. The van der Waals surface area contributed by atoms with Crippen LogP contribution in [0.15, 0.2) is 0 Å². The first-order chi connectivity index (χ1) is 6.22. The molecular weight excluding hydrogens is 166 g/mol. The van der Waals surface area contributed by atoms with Gasteiger partial charge in [0.05, 0.1) is 13.1 Å². The van der Waals surface area contributed by atoms with Gasteiger partial charge in [0.25, 0.3) is 0 Å². The highest BCUT2D eigenvalue weighted by molar-refractivity contribution is 5.75. The average molecular weight is 181 g/mol. The van der Waals surface area contributed by atoms with Gasteiger partial charge in [-0.25, -0.2) is 0 Å². The molecule has 0 aromatic carbocycles. The molecule has 0 unspecified atom stereocenters. The lowest BCUT2D eigenvalue weighted by atomic mass is 10.3. The highest BCUT2D eigenvalue weighted by Crippen LogP contribution is 1.99. The van der Waals surface area contributed by atoms with Gasteiger partial charge in [-0.05, 0) is 0 Å². The molecule has 0 spiro atoms. The number of rotatable bonds is 3. The van der Waals surface area contributed by atoms with Crippen LogP contribution in [-0.2, 0) is 4.79 Å². The van der Waals surface area contributed by atoms with Gasteiger partial charge in [-0.15, -0.1) is 6.42 Å². The van der Waals surface area contributed by atoms with E-state index < -0.39 is 0 Å². The van der Waals surface area contributed by atoms with Crippen LogP contribution < -0.4 is 5.73 Å². The first-order valence-corrected chi connectivity index (χ1v) is 4.39. The predicted molar refractivity (Wildman–Crippen MR) is 50.9 cm³/mol. The van der Waals surface area contributed by atoms with Crippen LogP contribution >= 0.6 is 0 Å². The Morgan fingerprint density at radius 3 is 2.31 bits per heavy atom. The minimum atomic E-state index is -0.259. The summed E-state index contributed by atoms with van der Waals surface area (Å²) < 4.78 is 0. The van der Waals surface area contributed by atoms with Crippen molar-refractivity contribution >= 4 is 5.91 Å². The molecule has 13 heavy (non-hydrogen) atoms. The van der Waals surface area contributed by atoms with Gasteiger partial charge in [-0.2, -0.15) is 0 Å². The molecular formula is C9H15N3O. The molecule has 0 aromatic heterocycles. The fraction of sp³-hybridized carbons (Fsp3) is 0.667. The van der Waals surface area contributed by atoms with Crippen molar-refractivity contribution in [2.75, 3.05) is 39.3 Å². The van der Waals surface area contributed by atoms with Gasteiger partial charge in [0.15, 0.2) is 0 Å². The SMILES string of the molecule is C#CCN1CCN(CC(N)=O)CC1. The molecule has 1 heterocycles. The lowest BCUT2D eigenvalue weighted by Crippen LogP contribution is -2.48. The van der Waals surface area contributed by atoms with E-state index in [1.54, 1.807) is 0 Å². The molecule has 0 aliphatic carbocycles. The van der Waals surface area contributed by atoms with Crippen molar-refractivity contribution in [3.05, 3.63) is 0 Å². The second-order valence-electron chi connectivity index (χ2n) is 3.22. The molecule has 1 aliphatic rings. The van der Waals surface area contributed by atoms with Crippen LogP contribution in [0.25, 0.3) is 0 Å². The van der Waals surface area contributed by atoms with Crippen molar-refractivity contribution in [2.45, 2.75) is 0 Å². The Morgan fingerprint density at radius 2 is 1.85 bits per heavy atom. The van der Waals surface area contributed by atoms with Crippen LogP contribution in [0.5, 0.6) is 0 Å². The van der Waals surface area contributed by atoms with E-state index in [2.05, 4.69) is 15.7 Å². The zero-order chi connectivity index (χ0) is 9.68. The summed E-state index contributed by atoms with van der Waals surface area (Å²) in [4.78, 5) is 14.9. The number of carbonyl (C=O) groups is 1. The Balaban J connectivity index is 2.23. The summed E-state index contributed by atoms with van der Waals surface area (Å²) in [5.41, 5.74) is 5.09. The molecule has 72 valence electrons. The van der Waals surface area contributed by atoms with E-state index in [0.717, 1.165) is 26.2 Å². The predicted octanol–water partition coefficient (Wildman–Crippen LogP) is -1.28. The van der Waals surface area contributed by atoms with Gasteiger partial charge >= 0.3 is 0 Å². The highest BCUT2D eigenvalue weighted by Gasteiger charge is 2.16. The summed E-state index contributed by atoms with van der Waals surface area (Å²) in [5.74, 6) is 2.35. The number of primary amides is 1. The Labute approximate surface area is 78.7 Å². The Kier molecular flexibility index (Phi) is 3.74. The van der Waals surface area contributed by atoms with Crippen LogP contribution in [0.3, 0.4) is 0 Å². The van der Waals surface area contributed by atoms with Gasteiger partial charge in [0.2, 0.25) is 5.91 Å². The molecule has 0 atom stereocenters. The minimum Gasteiger partial charge on any atom is -0.369 e.